The maximum absolute atomic E-state index is 10.7. The standard InChI is InChI=1S/C19H17N2O2/c1-2-20-17(14-10-16-5-3-4-6-19(16)20)11-7-15-8-12-18(13-9-15)21(22)23/h3-14H,2H2,1H3/q+1. The Balaban J connectivity index is 1.95. The van der Waals surface area contributed by atoms with Crippen molar-refractivity contribution in [1.29, 1.82) is 0 Å². The monoisotopic (exact) mass is 305 g/mol. The van der Waals surface area contributed by atoms with Crippen LogP contribution in [0.2, 0.25) is 0 Å². The summed E-state index contributed by atoms with van der Waals surface area (Å²) in [5.41, 5.74) is 3.34. The smallest absolute Gasteiger partial charge is 0.258 e. The van der Waals surface area contributed by atoms with Gasteiger partial charge in [-0.2, -0.15) is 4.57 Å². The number of nitro benzene ring substituents is 1. The molecule has 0 aliphatic carbocycles. The van der Waals surface area contributed by atoms with Crippen LogP contribution in [-0.2, 0) is 6.54 Å². The van der Waals surface area contributed by atoms with Crippen LogP contribution < -0.4 is 4.57 Å². The van der Waals surface area contributed by atoms with Gasteiger partial charge in [-0.05, 0) is 42.8 Å². The highest BCUT2D eigenvalue weighted by Gasteiger charge is 2.11. The Labute approximate surface area is 134 Å². The van der Waals surface area contributed by atoms with E-state index in [1.807, 2.05) is 24.3 Å². The lowest BCUT2D eigenvalue weighted by Crippen LogP contribution is -2.36. The summed E-state index contributed by atoms with van der Waals surface area (Å²) >= 11 is 0. The van der Waals surface area contributed by atoms with E-state index in [1.165, 1.54) is 23.0 Å². The van der Waals surface area contributed by atoms with E-state index < -0.39 is 0 Å². The molecule has 2 aromatic carbocycles. The number of hydrogen-bond donors (Lipinski definition) is 0. The van der Waals surface area contributed by atoms with Crippen molar-refractivity contribution in [1.82, 2.24) is 0 Å². The van der Waals surface area contributed by atoms with Crippen LogP contribution in [0.4, 0.5) is 5.69 Å². The second-order valence-corrected chi connectivity index (χ2v) is 5.24. The predicted molar refractivity (Wildman–Crippen MR) is 91.8 cm³/mol. The van der Waals surface area contributed by atoms with Crippen molar-refractivity contribution in [3.05, 3.63) is 82.0 Å². The van der Waals surface area contributed by atoms with Gasteiger partial charge >= 0.3 is 0 Å². The molecule has 0 aliphatic rings. The van der Waals surface area contributed by atoms with Crippen LogP contribution in [0.3, 0.4) is 0 Å². The molecule has 0 aliphatic heterocycles. The minimum Gasteiger partial charge on any atom is -0.258 e. The Bertz CT molecular complexity index is 884. The van der Waals surface area contributed by atoms with E-state index in [2.05, 4.69) is 35.8 Å². The number of hydrogen-bond acceptors (Lipinski definition) is 2. The summed E-state index contributed by atoms with van der Waals surface area (Å²) in [7, 11) is 0. The van der Waals surface area contributed by atoms with Gasteiger partial charge in [-0.25, -0.2) is 0 Å². The van der Waals surface area contributed by atoms with E-state index in [1.54, 1.807) is 12.1 Å². The molecule has 1 aromatic heterocycles. The topological polar surface area (TPSA) is 47.0 Å². The van der Waals surface area contributed by atoms with Crippen LogP contribution in [0.15, 0.2) is 60.7 Å². The summed E-state index contributed by atoms with van der Waals surface area (Å²) in [6.45, 7) is 3.00. The second-order valence-electron chi connectivity index (χ2n) is 5.24. The van der Waals surface area contributed by atoms with Gasteiger partial charge in [0.15, 0.2) is 0 Å². The van der Waals surface area contributed by atoms with E-state index in [0.717, 1.165) is 17.8 Å². The van der Waals surface area contributed by atoms with Gasteiger partial charge in [-0.15, -0.1) is 0 Å². The van der Waals surface area contributed by atoms with Crippen molar-refractivity contribution in [2.45, 2.75) is 13.5 Å². The van der Waals surface area contributed by atoms with Gasteiger partial charge in [0.2, 0.25) is 11.2 Å². The molecule has 0 saturated heterocycles. The van der Waals surface area contributed by atoms with Crippen molar-refractivity contribution in [2.24, 2.45) is 0 Å². The third-order valence-corrected chi connectivity index (χ3v) is 3.84. The van der Waals surface area contributed by atoms with Gasteiger partial charge in [0.25, 0.3) is 5.69 Å². The summed E-state index contributed by atoms with van der Waals surface area (Å²) in [5, 5.41) is 11.9. The average Bonchev–Trinajstić information content (AvgIpc) is 2.59. The lowest BCUT2D eigenvalue weighted by Gasteiger charge is -2.02. The summed E-state index contributed by atoms with van der Waals surface area (Å²) in [4.78, 5) is 10.3. The molecule has 0 spiro atoms. The molecule has 0 fully saturated rings. The van der Waals surface area contributed by atoms with Crippen LogP contribution in [0, 0.1) is 10.1 Å². The van der Waals surface area contributed by atoms with Gasteiger partial charge in [0.05, 0.1) is 4.92 Å². The van der Waals surface area contributed by atoms with Crippen LogP contribution in [0.25, 0.3) is 23.1 Å². The number of benzene rings is 2. The fraction of sp³-hybridized carbons (Fsp3) is 0.105. The van der Waals surface area contributed by atoms with E-state index in [4.69, 9.17) is 0 Å². The normalized spacial score (nSPS) is 11.2. The molecule has 0 unspecified atom stereocenters. The molecule has 0 bridgehead atoms. The first-order valence-electron chi connectivity index (χ1n) is 7.53. The van der Waals surface area contributed by atoms with Crippen LogP contribution in [-0.4, -0.2) is 4.92 Å². The highest BCUT2D eigenvalue weighted by molar-refractivity contribution is 5.77. The first kappa shape index (κ1) is 14.9. The molecule has 23 heavy (non-hydrogen) atoms. The Morgan fingerprint density at radius 1 is 1.00 bits per heavy atom. The maximum Gasteiger partial charge on any atom is 0.269 e. The molecule has 3 rings (SSSR count). The molecule has 0 N–H and O–H groups in total. The average molecular weight is 305 g/mol. The van der Waals surface area contributed by atoms with Gasteiger partial charge in [-0.3, -0.25) is 10.1 Å². The molecular weight excluding hydrogens is 288 g/mol. The predicted octanol–water partition coefficient (Wildman–Crippen LogP) is 4.23. The fourth-order valence-corrected chi connectivity index (χ4v) is 2.67. The molecule has 4 heteroatoms. The number of aryl methyl sites for hydroxylation is 1. The Morgan fingerprint density at radius 2 is 1.74 bits per heavy atom. The third-order valence-electron chi connectivity index (χ3n) is 3.84. The number of para-hydroxylation sites is 1. The van der Waals surface area contributed by atoms with E-state index >= 15 is 0 Å². The largest absolute Gasteiger partial charge is 0.269 e. The third kappa shape index (κ3) is 3.11. The minimum absolute atomic E-state index is 0.108. The van der Waals surface area contributed by atoms with Crippen molar-refractivity contribution in [3.8, 4) is 0 Å². The van der Waals surface area contributed by atoms with Crippen molar-refractivity contribution >= 4 is 28.7 Å². The molecule has 1 heterocycles. The quantitative estimate of drug-likeness (QED) is 0.411. The van der Waals surface area contributed by atoms with Crippen LogP contribution >= 0.6 is 0 Å². The highest BCUT2D eigenvalue weighted by Crippen LogP contribution is 2.15. The minimum atomic E-state index is -0.387. The summed E-state index contributed by atoms with van der Waals surface area (Å²) in [6, 6.07) is 19.0. The molecule has 0 amide bonds. The second kappa shape index (κ2) is 6.40. The Kier molecular flexibility index (Phi) is 4.15. The van der Waals surface area contributed by atoms with Crippen LogP contribution in [0.1, 0.15) is 18.2 Å². The van der Waals surface area contributed by atoms with Crippen LogP contribution in [0.5, 0.6) is 0 Å². The zero-order valence-corrected chi connectivity index (χ0v) is 12.8. The first-order valence-corrected chi connectivity index (χ1v) is 7.53. The van der Waals surface area contributed by atoms with Gasteiger partial charge in [-0.1, -0.05) is 12.1 Å². The fourth-order valence-electron chi connectivity index (χ4n) is 2.67. The van der Waals surface area contributed by atoms with E-state index in [9.17, 15) is 10.1 Å². The summed E-state index contributed by atoms with van der Waals surface area (Å²) < 4.78 is 2.25. The molecule has 0 radical (unpaired) electrons. The van der Waals surface area contributed by atoms with Gasteiger partial charge in [0.1, 0.15) is 6.54 Å². The Hall–Kier alpha value is -3.01. The molecule has 0 atom stereocenters. The molecule has 114 valence electrons. The lowest BCUT2D eigenvalue weighted by atomic mass is 10.1. The molecular formula is C19H17N2O2+. The first-order chi connectivity index (χ1) is 11.2. The molecule has 4 nitrogen and oxygen atoms in total. The van der Waals surface area contributed by atoms with E-state index in [0.29, 0.717) is 0 Å². The summed E-state index contributed by atoms with van der Waals surface area (Å²) in [5.74, 6) is 0. The van der Waals surface area contributed by atoms with Crippen molar-refractivity contribution in [3.63, 3.8) is 0 Å². The molecule has 3 aromatic rings. The number of non-ortho nitro benzene ring substituents is 1. The Morgan fingerprint density at radius 3 is 2.43 bits per heavy atom. The number of nitro groups is 1. The van der Waals surface area contributed by atoms with Gasteiger partial charge in [0, 0.05) is 35.7 Å². The zero-order valence-electron chi connectivity index (χ0n) is 12.8. The number of pyridine rings is 1. The van der Waals surface area contributed by atoms with Gasteiger partial charge < -0.3 is 0 Å². The SMILES string of the molecule is CC[n+]1c(C=Cc2ccc([N+](=O)[O-])cc2)ccc2ccccc21. The van der Waals surface area contributed by atoms with E-state index in [-0.39, 0.29) is 10.6 Å². The lowest BCUT2D eigenvalue weighted by molar-refractivity contribution is -0.669. The molecule has 0 saturated carbocycles. The van der Waals surface area contributed by atoms with Crippen molar-refractivity contribution in [2.75, 3.05) is 0 Å². The van der Waals surface area contributed by atoms with Crippen molar-refractivity contribution < 1.29 is 9.49 Å². The number of aromatic nitrogens is 1. The maximum atomic E-state index is 10.7. The number of nitrogens with zero attached hydrogens (tertiary/aromatic N) is 2. The number of fused-ring (bicyclic) bond motifs is 1. The zero-order chi connectivity index (χ0) is 16.2. The highest BCUT2D eigenvalue weighted by atomic mass is 16.6. The number of rotatable bonds is 4. The summed E-state index contributed by atoms with van der Waals surface area (Å²) in [6.07, 6.45) is 4.01.